The number of nitrogens with one attached hydrogen (secondary N) is 1. The van der Waals surface area contributed by atoms with Crippen molar-refractivity contribution < 1.29 is 23.1 Å². The Bertz CT molecular complexity index is 357. The summed E-state index contributed by atoms with van der Waals surface area (Å²) in [5.41, 5.74) is -1.54. The molecule has 0 aliphatic rings. The Labute approximate surface area is 88.6 Å². The van der Waals surface area contributed by atoms with Crippen LogP contribution in [0.2, 0.25) is 0 Å². The fraction of sp³-hybridized carbons (Fsp3) is 0.750. The number of aliphatic carboxylic acids is 1. The number of carbonyl (C=O) groups is 2. The zero-order chi connectivity index (χ0) is 12.3. The minimum atomic E-state index is -3.15. The van der Waals surface area contributed by atoms with E-state index < -0.39 is 27.1 Å². The number of hydrogen-bond donors (Lipinski definition) is 2. The summed E-state index contributed by atoms with van der Waals surface area (Å²) < 4.78 is 21.5. The first-order chi connectivity index (χ1) is 6.57. The van der Waals surface area contributed by atoms with Gasteiger partial charge in [-0.25, -0.2) is 8.42 Å². The van der Waals surface area contributed by atoms with Gasteiger partial charge in [0.25, 0.3) is 0 Å². The van der Waals surface area contributed by atoms with Crippen LogP contribution in [0.3, 0.4) is 0 Å². The number of sulfone groups is 1. The van der Waals surface area contributed by atoms with Gasteiger partial charge in [0.05, 0.1) is 5.75 Å². The lowest BCUT2D eigenvalue weighted by molar-refractivity contribution is -0.153. The molecule has 0 rings (SSSR count). The highest BCUT2D eigenvalue weighted by molar-refractivity contribution is 7.90. The van der Waals surface area contributed by atoms with Crippen molar-refractivity contribution in [1.29, 1.82) is 0 Å². The van der Waals surface area contributed by atoms with Crippen molar-refractivity contribution in [2.45, 2.75) is 13.8 Å². The summed E-state index contributed by atoms with van der Waals surface area (Å²) in [5.74, 6) is -2.15. The van der Waals surface area contributed by atoms with Crippen LogP contribution in [0.5, 0.6) is 0 Å². The molecule has 0 atom stereocenters. The van der Waals surface area contributed by atoms with E-state index in [1.54, 1.807) is 0 Å². The minimum Gasteiger partial charge on any atom is -0.480 e. The van der Waals surface area contributed by atoms with E-state index in [-0.39, 0.29) is 12.3 Å². The lowest BCUT2D eigenvalue weighted by atomic mass is 9.93. The lowest BCUT2D eigenvalue weighted by Gasteiger charge is -2.17. The van der Waals surface area contributed by atoms with Crippen molar-refractivity contribution in [3.05, 3.63) is 0 Å². The fourth-order valence-corrected chi connectivity index (χ4v) is 1.14. The van der Waals surface area contributed by atoms with Crippen LogP contribution in [0.1, 0.15) is 13.8 Å². The number of hydrogen-bond acceptors (Lipinski definition) is 4. The van der Waals surface area contributed by atoms with Crippen LogP contribution in [-0.2, 0) is 19.4 Å². The summed E-state index contributed by atoms with van der Waals surface area (Å²) in [5, 5.41) is 11.0. The maximum atomic E-state index is 11.3. The summed E-state index contributed by atoms with van der Waals surface area (Å²) in [4.78, 5) is 21.9. The average molecular weight is 237 g/mol. The second kappa shape index (κ2) is 4.61. The molecule has 15 heavy (non-hydrogen) atoms. The van der Waals surface area contributed by atoms with Gasteiger partial charge >= 0.3 is 5.97 Å². The second-order valence-electron chi connectivity index (χ2n) is 3.82. The van der Waals surface area contributed by atoms with Crippen LogP contribution in [-0.4, -0.2) is 44.0 Å². The average Bonchev–Trinajstić information content (AvgIpc) is 2.01. The van der Waals surface area contributed by atoms with Crippen molar-refractivity contribution in [1.82, 2.24) is 5.32 Å². The number of carbonyl (C=O) groups excluding carboxylic acids is 1. The molecule has 0 fully saturated rings. The van der Waals surface area contributed by atoms with Gasteiger partial charge in [0.1, 0.15) is 15.3 Å². The lowest BCUT2D eigenvalue weighted by Crippen LogP contribution is -2.43. The zero-order valence-corrected chi connectivity index (χ0v) is 9.72. The third-order valence-corrected chi connectivity index (χ3v) is 2.81. The predicted octanol–water partition coefficient (Wildman–Crippen LogP) is -0.742. The van der Waals surface area contributed by atoms with Crippen molar-refractivity contribution in [3.8, 4) is 0 Å². The Kier molecular flexibility index (Phi) is 4.27. The molecule has 0 aliphatic carbocycles. The van der Waals surface area contributed by atoms with Gasteiger partial charge in [0, 0.05) is 12.8 Å². The van der Waals surface area contributed by atoms with Gasteiger partial charge in [-0.3, -0.25) is 9.59 Å². The van der Waals surface area contributed by atoms with E-state index in [2.05, 4.69) is 5.32 Å². The Balaban J connectivity index is 4.23. The van der Waals surface area contributed by atoms with Gasteiger partial charge < -0.3 is 10.4 Å². The molecule has 0 bridgehead atoms. The van der Waals surface area contributed by atoms with Gasteiger partial charge in [-0.1, -0.05) is 0 Å². The van der Waals surface area contributed by atoms with E-state index >= 15 is 0 Å². The SMILES string of the molecule is CC(C)(C(=O)O)C(=O)NCCS(C)(=O)=O. The van der Waals surface area contributed by atoms with E-state index in [4.69, 9.17) is 5.11 Å². The quantitative estimate of drug-likeness (QED) is 0.613. The largest absolute Gasteiger partial charge is 0.480 e. The molecule has 7 heteroatoms. The zero-order valence-electron chi connectivity index (χ0n) is 8.90. The number of rotatable bonds is 5. The standard InChI is InChI=1S/C8H15NO5S/c1-8(2,7(11)12)6(10)9-4-5-15(3,13)14/h4-5H2,1-3H3,(H,9,10)(H,11,12). The Morgan fingerprint density at radius 2 is 1.80 bits per heavy atom. The van der Waals surface area contributed by atoms with Crippen LogP contribution in [0, 0.1) is 5.41 Å². The van der Waals surface area contributed by atoms with Gasteiger partial charge in [0.2, 0.25) is 5.91 Å². The van der Waals surface area contributed by atoms with E-state index in [0.717, 1.165) is 6.26 Å². The molecule has 0 heterocycles. The number of carboxylic acid groups (broad SMARTS) is 1. The molecule has 6 nitrogen and oxygen atoms in total. The van der Waals surface area contributed by atoms with Crippen LogP contribution in [0.15, 0.2) is 0 Å². The third-order valence-electron chi connectivity index (χ3n) is 1.86. The summed E-state index contributed by atoms with van der Waals surface area (Å²) in [7, 11) is -3.15. The van der Waals surface area contributed by atoms with Crippen molar-refractivity contribution in [2.75, 3.05) is 18.6 Å². The van der Waals surface area contributed by atoms with Crippen LogP contribution in [0.4, 0.5) is 0 Å². The first kappa shape index (κ1) is 13.9. The molecule has 88 valence electrons. The Hall–Kier alpha value is -1.11. The molecule has 0 aromatic rings. The van der Waals surface area contributed by atoms with E-state index in [1.807, 2.05) is 0 Å². The highest BCUT2D eigenvalue weighted by Crippen LogP contribution is 2.14. The fourth-order valence-electron chi connectivity index (χ4n) is 0.668. The maximum absolute atomic E-state index is 11.3. The van der Waals surface area contributed by atoms with Crippen molar-refractivity contribution in [2.24, 2.45) is 5.41 Å². The van der Waals surface area contributed by atoms with Crippen LogP contribution >= 0.6 is 0 Å². The van der Waals surface area contributed by atoms with Gasteiger partial charge in [-0.05, 0) is 13.8 Å². The summed E-state index contributed by atoms with van der Waals surface area (Å²) in [6.07, 6.45) is 1.04. The summed E-state index contributed by atoms with van der Waals surface area (Å²) >= 11 is 0. The molecule has 0 radical (unpaired) electrons. The van der Waals surface area contributed by atoms with Gasteiger partial charge in [-0.15, -0.1) is 0 Å². The molecule has 0 aromatic carbocycles. The van der Waals surface area contributed by atoms with Crippen molar-refractivity contribution >= 4 is 21.7 Å². The van der Waals surface area contributed by atoms with Gasteiger partial charge in [-0.2, -0.15) is 0 Å². The molecule has 2 N–H and O–H groups in total. The topological polar surface area (TPSA) is 101 Å². The summed E-state index contributed by atoms with van der Waals surface area (Å²) in [6.45, 7) is 2.44. The molecule has 0 aromatic heterocycles. The molecular formula is C8H15NO5S. The first-order valence-corrected chi connectivity index (χ1v) is 6.33. The molecule has 0 saturated carbocycles. The normalized spacial score (nSPS) is 12.2. The predicted molar refractivity (Wildman–Crippen MR) is 54.1 cm³/mol. The smallest absolute Gasteiger partial charge is 0.318 e. The first-order valence-electron chi connectivity index (χ1n) is 4.27. The third kappa shape index (κ3) is 4.78. The highest BCUT2D eigenvalue weighted by atomic mass is 32.2. The second-order valence-corrected chi connectivity index (χ2v) is 6.08. The monoisotopic (exact) mass is 237 g/mol. The number of carboxylic acids is 1. The molecule has 0 saturated heterocycles. The van der Waals surface area contributed by atoms with Crippen LogP contribution in [0.25, 0.3) is 0 Å². The maximum Gasteiger partial charge on any atom is 0.318 e. The molecular weight excluding hydrogens is 222 g/mol. The Morgan fingerprint density at radius 1 is 1.33 bits per heavy atom. The van der Waals surface area contributed by atoms with Crippen molar-refractivity contribution in [3.63, 3.8) is 0 Å². The molecule has 0 aliphatic heterocycles. The summed E-state index contributed by atoms with van der Waals surface area (Å²) in [6, 6.07) is 0. The molecule has 0 unspecified atom stereocenters. The van der Waals surface area contributed by atoms with E-state index in [9.17, 15) is 18.0 Å². The van der Waals surface area contributed by atoms with E-state index in [0.29, 0.717) is 0 Å². The minimum absolute atomic E-state index is 0.0750. The van der Waals surface area contributed by atoms with Gasteiger partial charge in [0.15, 0.2) is 0 Å². The van der Waals surface area contributed by atoms with Crippen LogP contribution < -0.4 is 5.32 Å². The number of amides is 1. The van der Waals surface area contributed by atoms with E-state index in [1.165, 1.54) is 13.8 Å². The molecule has 0 spiro atoms. The highest BCUT2D eigenvalue weighted by Gasteiger charge is 2.35. The molecule has 1 amide bonds. The Morgan fingerprint density at radius 3 is 2.13 bits per heavy atom.